The van der Waals surface area contributed by atoms with Crippen LogP contribution < -0.4 is 5.56 Å². The Balaban J connectivity index is 1.48. The van der Waals surface area contributed by atoms with Crippen molar-refractivity contribution in [3.05, 3.63) is 131 Å². The highest BCUT2D eigenvalue weighted by Gasteiger charge is 2.12. The molecule has 5 nitrogen and oxygen atoms in total. The van der Waals surface area contributed by atoms with Crippen LogP contribution >= 0.6 is 0 Å². The van der Waals surface area contributed by atoms with Gasteiger partial charge in [0.25, 0.3) is 5.56 Å². The highest BCUT2D eigenvalue weighted by molar-refractivity contribution is 5.86. The van der Waals surface area contributed by atoms with Gasteiger partial charge in [0.1, 0.15) is 0 Å². The van der Waals surface area contributed by atoms with Crippen LogP contribution in [0.5, 0.6) is 0 Å². The molecule has 6 rings (SSSR count). The van der Waals surface area contributed by atoms with E-state index in [1.165, 1.54) is 10.1 Å². The lowest BCUT2D eigenvalue weighted by Gasteiger charge is -2.10. The average Bonchev–Trinajstić information content (AvgIpc) is 3.37. The van der Waals surface area contributed by atoms with Crippen molar-refractivity contribution in [2.75, 3.05) is 0 Å². The second-order valence-electron chi connectivity index (χ2n) is 8.01. The molecular formula is C29H20N4O. The molecule has 162 valence electrons. The van der Waals surface area contributed by atoms with E-state index in [1.807, 2.05) is 79.0 Å². The Bertz CT molecular complexity index is 1730. The molecule has 0 radical (unpaired) electrons. The third-order valence-electron chi connectivity index (χ3n) is 5.88. The quantitative estimate of drug-likeness (QED) is 0.321. The van der Waals surface area contributed by atoms with Gasteiger partial charge in [0.2, 0.25) is 0 Å². The van der Waals surface area contributed by atoms with Gasteiger partial charge in [0, 0.05) is 17.4 Å². The van der Waals surface area contributed by atoms with Gasteiger partial charge in [-0.3, -0.25) is 4.79 Å². The van der Waals surface area contributed by atoms with E-state index in [0.29, 0.717) is 16.7 Å². The largest absolute Gasteiger partial charge is 0.316 e. The van der Waals surface area contributed by atoms with Crippen LogP contribution in [-0.2, 0) is 0 Å². The van der Waals surface area contributed by atoms with Gasteiger partial charge in [-0.1, -0.05) is 72.8 Å². The van der Waals surface area contributed by atoms with Crippen LogP contribution in [-0.4, -0.2) is 20.4 Å². The van der Waals surface area contributed by atoms with Crippen LogP contribution in [0, 0.1) is 0 Å². The van der Waals surface area contributed by atoms with Crippen molar-refractivity contribution < 1.29 is 0 Å². The van der Waals surface area contributed by atoms with Crippen LogP contribution in [0.15, 0.2) is 125 Å². The summed E-state index contributed by atoms with van der Waals surface area (Å²) in [6.45, 7) is 0. The monoisotopic (exact) mass is 440 g/mol. The summed E-state index contributed by atoms with van der Waals surface area (Å²) in [5.74, 6) is 0.504. The topological polar surface area (TPSA) is 52.2 Å². The van der Waals surface area contributed by atoms with E-state index in [9.17, 15) is 4.79 Å². The molecule has 0 amide bonds. The molecule has 0 N–H and O–H groups in total. The van der Waals surface area contributed by atoms with E-state index in [0.717, 1.165) is 22.3 Å². The number of hydrogen-bond donors (Lipinski definition) is 0. The summed E-state index contributed by atoms with van der Waals surface area (Å²) < 4.78 is 3.44. The van der Waals surface area contributed by atoms with Crippen molar-refractivity contribution in [2.24, 2.45) is 5.10 Å². The minimum absolute atomic E-state index is 0.204. The molecule has 0 spiro atoms. The highest BCUT2D eigenvalue weighted by atomic mass is 16.1. The maximum absolute atomic E-state index is 13.4. The first-order chi connectivity index (χ1) is 16.8. The van der Waals surface area contributed by atoms with Crippen molar-refractivity contribution in [3.63, 3.8) is 0 Å². The zero-order chi connectivity index (χ0) is 22.9. The van der Waals surface area contributed by atoms with E-state index < -0.39 is 0 Å². The van der Waals surface area contributed by atoms with E-state index in [4.69, 9.17) is 4.98 Å². The number of fused-ring (bicyclic) bond motifs is 2. The van der Waals surface area contributed by atoms with Gasteiger partial charge in [-0.05, 0) is 47.2 Å². The molecule has 0 saturated heterocycles. The number of hydrogen-bond acceptors (Lipinski definition) is 3. The number of aromatic nitrogens is 3. The minimum Gasteiger partial charge on any atom is -0.316 e. The molecule has 0 aliphatic carbocycles. The summed E-state index contributed by atoms with van der Waals surface area (Å²) >= 11 is 0. The number of benzene rings is 4. The van der Waals surface area contributed by atoms with Gasteiger partial charge in [-0.15, -0.1) is 0 Å². The van der Waals surface area contributed by atoms with E-state index in [2.05, 4.69) is 40.0 Å². The molecule has 0 aliphatic heterocycles. The molecular weight excluding hydrogens is 420 g/mol. The SMILES string of the molecule is O=c1c2ccccc2nc(-c2ccccc2)n1N=Cc1cccn1-c1ccc2ccccc2c1. The maximum Gasteiger partial charge on any atom is 0.282 e. The lowest BCUT2D eigenvalue weighted by Crippen LogP contribution is -2.20. The third-order valence-corrected chi connectivity index (χ3v) is 5.88. The summed E-state index contributed by atoms with van der Waals surface area (Å²) in [6, 6.07) is 35.6. The Morgan fingerprint density at radius 2 is 1.50 bits per heavy atom. The van der Waals surface area contributed by atoms with E-state index in [-0.39, 0.29) is 5.56 Å². The maximum atomic E-state index is 13.4. The average molecular weight is 441 g/mol. The molecule has 0 atom stereocenters. The molecule has 6 aromatic rings. The zero-order valence-electron chi connectivity index (χ0n) is 18.2. The van der Waals surface area contributed by atoms with Crippen molar-refractivity contribution in [1.82, 2.24) is 14.2 Å². The molecule has 4 aromatic carbocycles. The predicted octanol–water partition coefficient (Wildman–Crippen LogP) is 5.89. The Hall–Kier alpha value is -4.77. The van der Waals surface area contributed by atoms with Crippen molar-refractivity contribution in [2.45, 2.75) is 0 Å². The Labute approximate surface area is 195 Å². The highest BCUT2D eigenvalue weighted by Crippen LogP contribution is 2.21. The summed E-state index contributed by atoms with van der Waals surface area (Å²) in [6.07, 6.45) is 3.70. The molecule has 2 aromatic heterocycles. The van der Waals surface area contributed by atoms with Crippen LogP contribution in [0.25, 0.3) is 38.8 Å². The lowest BCUT2D eigenvalue weighted by molar-refractivity contribution is 0.828. The zero-order valence-corrected chi connectivity index (χ0v) is 18.2. The predicted molar refractivity (Wildman–Crippen MR) is 138 cm³/mol. The smallest absolute Gasteiger partial charge is 0.282 e. The van der Waals surface area contributed by atoms with Crippen molar-refractivity contribution in [1.29, 1.82) is 0 Å². The van der Waals surface area contributed by atoms with Gasteiger partial charge in [-0.2, -0.15) is 9.78 Å². The first-order valence-corrected chi connectivity index (χ1v) is 11.1. The van der Waals surface area contributed by atoms with Gasteiger partial charge in [0.05, 0.1) is 22.8 Å². The van der Waals surface area contributed by atoms with E-state index >= 15 is 0 Å². The normalized spacial score (nSPS) is 11.5. The number of nitrogens with zero attached hydrogens (tertiary/aromatic N) is 4. The van der Waals surface area contributed by atoms with Gasteiger partial charge in [0.15, 0.2) is 5.82 Å². The van der Waals surface area contributed by atoms with Gasteiger partial charge >= 0.3 is 0 Å². The summed E-state index contributed by atoms with van der Waals surface area (Å²) in [7, 11) is 0. The standard InChI is InChI=1S/C29H20N4O/c34-29-26-14-6-7-15-27(26)31-28(22-10-2-1-3-11-22)33(29)30-20-25-13-8-18-32(25)24-17-16-21-9-4-5-12-23(21)19-24/h1-20H. The van der Waals surface area contributed by atoms with Crippen molar-refractivity contribution in [3.8, 4) is 17.1 Å². The minimum atomic E-state index is -0.204. The molecule has 5 heteroatoms. The molecule has 0 saturated carbocycles. The van der Waals surface area contributed by atoms with Crippen LogP contribution in [0.4, 0.5) is 0 Å². The first-order valence-electron chi connectivity index (χ1n) is 11.1. The van der Waals surface area contributed by atoms with Gasteiger partial charge in [-0.25, -0.2) is 4.98 Å². The molecule has 2 heterocycles. The molecule has 0 unspecified atom stereocenters. The fraction of sp³-hybridized carbons (Fsp3) is 0. The number of para-hydroxylation sites is 1. The fourth-order valence-electron chi connectivity index (χ4n) is 4.18. The van der Waals surface area contributed by atoms with Gasteiger partial charge < -0.3 is 4.57 Å². The Morgan fingerprint density at radius 3 is 2.38 bits per heavy atom. The first kappa shape index (κ1) is 19.9. The number of rotatable bonds is 4. The fourth-order valence-corrected chi connectivity index (χ4v) is 4.18. The second-order valence-corrected chi connectivity index (χ2v) is 8.01. The molecule has 0 fully saturated rings. The van der Waals surface area contributed by atoms with Crippen LogP contribution in [0.2, 0.25) is 0 Å². The summed E-state index contributed by atoms with van der Waals surface area (Å²) in [4.78, 5) is 18.1. The second kappa shape index (κ2) is 8.30. The molecule has 0 aliphatic rings. The summed E-state index contributed by atoms with van der Waals surface area (Å²) in [5.41, 5.74) is 3.15. The Morgan fingerprint density at radius 1 is 0.735 bits per heavy atom. The Kier molecular flexibility index (Phi) is 4.85. The molecule has 0 bridgehead atoms. The third kappa shape index (κ3) is 3.49. The van der Waals surface area contributed by atoms with Crippen LogP contribution in [0.1, 0.15) is 5.69 Å². The van der Waals surface area contributed by atoms with E-state index in [1.54, 1.807) is 12.3 Å². The lowest BCUT2D eigenvalue weighted by atomic mass is 10.1. The summed E-state index contributed by atoms with van der Waals surface area (Å²) in [5, 5.41) is 7.51. The van der Waals surface area contributed by atoms with Crippen molar-refractivity contribution >= 4 is 27.9 Å². The van der Waals surface area contributed by atoms with Crippen LogP contribution in [0.3, 0.4) is 0 Å². The molecule has 34 heavy (non-hydrogen) atoms.